The zero-order valence-corrected chi connectivity index (χ0v) is 10.7. The molecule has 2 N–H and O–H groups in total. The highest BCUT2D eigenvalue weighted by Crippen LogP contribution is 2.26. The highest BCUT2D eigenvalue weighted by atomic mass is 79.9. The van der Waals surface area contributed by atoms with E-state index in [4.69, 9.17) is 10.5 Å². The van der Waals surface area contributed by atoms with E-state index in [1.807, 2.05) is 0 Å². The second-order valence-electron chi connectivity index (χ2n) is 3.58. The van der Waals surface area contributed by atoms with Gasteiger partial charge in [0.15, 0.2) is 11.6 Å². The molecule has 1 aromatic heterocycles. The number of nitrogens with two attached hydrogens (primary N) is 1. The van der Waals surface area contributed by atoms with Crippen LogP contribution in [0.1, 0.15) is 5.56 Å². The smallest absolute Gasteiger partial charge is 0.200 e. The van der Waals surface area contributed by atoms with Gasteiger partial charge in [-0.2, -0.15) is 4.39 Å². The lowest BCUT2D eigenvalue weighted by molar-refractivity contribution is 0.284. The van der Waals surface area contributed by atoms with Crippen LogP contribution in [0.3, 0.4) is 0 Å². The van der Waals surface area contributed by atoms with Crippen LogP contribution in [0, 0.1) is 11.6 Å². The molecule has 0 radical (unpaired) electrons. The SMILES string of the molecule is Nc1cc(COc2cc(Br)cc(F)c2F)ccn1. The van der Waals surface area contributed by atoms with E-state index in [0.29, 0.717) is 10.3 Å². The van der Waals surface area contributed by atoms with Crippen molar-refractivity contribution in [3.8, 4) is 5.75 Å². The van der Waals surface area contributed by atoms with Crippen LogP contribution in [0.2, 0.25) is 0 Å². The van der Waals surface area contributed by atoms with Gasteiger partial charge in [-0.25, -0.2) is 9.37 Å². The number of nitrogen functional groups attached to an aromatic ring is 1. The number of nitrogens with zero attached hydrogens (tertiary/aromatic N) is 1. The van der Waals surface area contributed by atoms with Gasteiger partial charge in [0.1, 0.15) is 12.4 Å². The molecule has 0 aliphatic rings. The molecule has 6 heteroatoms. The Morgan fingerprint density at radius 3 is 2.78 bits per heavy atom. The van der Waals surface area contributed by atoms with Gasteiger partial charge >= 0.3 is 0 Å². The Balaban J connectivity index is 2.15. The van der Waals surface area contributed by atoms with E-state index in [1.165, 1.54) is 12.3 Å². The number of hydrogen-bond donors (Lipinski definition) is 1. The van der Waals surface area contributed by atoms with Crippen LogP contribution in [-0.4, -0.2) is 4.98 Å². The Kier molecular flexibility index (Phi) is 3.76. The standard InChI is InChI=1S/C12H9BrF2N2O/c13-8-4-9(14)12(15)10(5-8)18-6-7-1-2-17-11(16)3-7/h1-5H,6H2,(H2,16,17). The van der Waals surface area contributed by atoms with Crippen LogP contribution in [0.4, 0.5) is 14.6 Å². The van der Waals surface area contributed by atoms with E-state index in [9.17, 15) is 8.78 Å². The molecule has 2 aromatic rings. The molecular weight excluding hydrogens is 306 g/mol. The van der Waals surface area contributed by atoms with Crippen molar-refractivity contribution in [1.82, 2.24) is 4.98 Å². The summed E-state index contributed by atoms with van der Waals surface area (Å²) in [6, 6.07) is 5.68. The summed E-state index contributed by atoms with van der Waals surface area (Å²) in [5.41, 5.74) is 6.22. The molecule has 1 heterocycles. The van der Waals surface area contributed by atoms with E-state index < -0.39 is 11.6 Å². The maximum absolute atomic E-state index is 13.4. The number of pyridine rings is 1. The minimum absolute atomic E-state index is 0.0829. The second-order valence-corrected chi connectivity index (χ2v) is 4.49. The molecule has 2 rings (SSSR count). The maximum Gasteiger partial charge on any atom is 0.200 e. The van der Waals surface area contributed by atoms with Gasteiger partial charge in [-0.1, -0.05) is 15.9 Å². The quantitative estimate of drug-likeness (QED) is 0.884. The molecule has 0 amide bonds. The molecule has 18 heavy (non-hydrogen) atoms. The Morgan fingerprint density at radius 2 is 2.06 bits per heavy atom. The zero-order chi connectivity index (χ0) is 13.1. The summed E-state index contributed by atoms with van der Waals surface area (Å²) >= 11 is 3.07. The summed E-state index contributed by atoms with van der Waals surface area (Å²) in [5, 5.41) is 0. The van der Waals surface area contributed by atoms with Crippen LogP contribution >= 0.6 is 15.9 Å². The summed E-state index contributed by atoms with van der Waals surface area (Å²) in [5.74, 6) is -1.79. The largest absolute Gasteiger partial charge is 0.486 e. The lowest BCUT2D eigenvalue weighted by Gasteiger charge is -2.08. The van der Waals surface area contributed by atoms with Crippen LogP contribution in [0.25, 0.3) is 0 Å². The van der Waals surface area contributed by atoms with Crippen molar-refractivity contribution in [2.45, 2.75) is 6.61 Å². The fraction of sp³-hybridized carbons (Fsp3) is 0.0833. The van der Waals surface area contributed by atoms with Crippen molar-refractivity contribution in [3.63, 3.8) is 0 Å². The number of aromatic nitrogens is 1. The van der Waals surface area contributed by atoms with Crippen molar-refractivity contribution < 1.29 is 13.5 Å². The van der Waals surface area contributed by atoms with Gasteiger partial charge < -0.3 is 10.5 Å². The lowest BCUT2D eigenvalue weighted by Crippen LogP contribution is -2.00. The first-order chi connectivity index (χ1) is 8.56. The van der Waals surface area contributed by atoms with Crippen molar-refractivity contribution in [2.24, 2.45) is 0 Å². The number of anilines is 1. The molecule has 0 spiro atoms. The molecule has 0 fully saturated rings. The van der Waals surface area contributed by atoms with Gasteiger partial charge in [-0.15, -0.1) is 0 Å². The molecule has 0 atom stereocenters. The number of ether oxygens (including phenoxy) is 1. The Morgan fingerprint density at radius 1 is 1.28 bits per heavy atom. The number of benzene rings is 1. The second kappa shape index (κ2) is 5.30. The topological polar surface area (TPSA) is 48.1 Å². The molecular formula is C12H9BrF2N2O. The zero-order valence-electron chi connectivity index (χ0n) is 9.16. The highest BCUT2D eigenvalue weighted by Gasteiger charge is 2.11. The Bertz CT molecular complexity index is 578. The minimum atomic E-state index is -1.01. The van der Waals surface area contributed by atoms with Gasteiger partial charge in [0.2, 0.25) is 5.82 Å². The molecule has 94 valence electrons. The average Bonchev–Trinajstić information content (AvgIpc) is 2.32. The number of rotatable bonds is 3. The Hall–Kier alpha value is -1.69. The first-order valence-corrected chi connectivity index (χ1v) is 5.83. The number of hydrogen-bond acceptors (Lipinski definition) is 3. The van der Waals surface area contributed by atoms with Gasteiger partial charge in [-0.05, 0) is 29.8 Å². The predicted molar refractivity (Wildman–Crippen MR) is 67.0 cm³/mol. The third-order valence-corrected chi connectivity index (χ3v) is 2.66. The lowest BCUT2D eigenvalue weighted by atomic mass is 10.2. The molecule has 0 aliphatic carbocycles. The molecule has 0 unspecified atom stereocenters. The fourth-order valence-corrected chi connectivity index (χ4v) is 1.79. The third-order valence-electron chi connectivity index (χ3n) is 2.20. The number of halogens is 3. The predicted octanol–water partition coefficient (Wildman–Crippen LogP) is 3.28. The van der Waals surface area contributed by atoms with Gasteiger partial charge in [0.05, 0.1) is 0 Å². The van der Waals surface area contributed by atoms with E-state index >= 15 is 0 Å². The van der Waals surface area contributed by atoms with Crippen LogP contribution in [0.15, 0.2) is 34.9 Å². The van der Waals surface area contributed by atoms with Crippen molar-refractivity contribution >= 4 is 21.7 Å². The van der Waals surface area contributed by atoms with Gasteiger partial charge in [0, 0.05) is 10.7 Å². The first-order valence-electron chi connectivity index (χ1n) is 5.04. The van der Waals surface area contributed by atoms with E-state index in [1.54, 1.807) is 12.1 Å². The van der Waals surface area contributed by atoms with Gasteiger partial charge in [0.25, 0.3) is 0 Å². The van der Waals surface area contributed by atoms with Crippen LogP contribution in [-0.2, 0) is 6.61 Å². The van der Waals surface area contributed by atoms with Crippen molar-refractivity contribution in [1.29, 1.82) is 0 Å². The molecule has 0 bridgehead atoms. The summed E-state index contributed by atoms with van der Waals surface area (Å²) in [7, 11) is 0. The third kappa shape index (κ3) is 2.95. The molecule has 1 aromatic carbocycles. The normalized spacial score (nSPS) is 10.4. The fourth-order valence-electron chi connectivity index (χ4n) is 1.38. The van der Waals surface area contributed by atoms with E-state index in [2.05, 4.69) is 20.9 Å². The maximum atomic E-state index is 13.4. The van der Waals surface area contributed by atoms with Gasteiger partial charge in [-0.3, -0.25) is 0 Å². The first kappa shape index (κ1) is 12.8. The average molecular weight is 315 g/mol. The van der Waals surface area contributed by atoms with E-state index in [0.717, 1.165) is 11.6 Å². The Labute approximate surface area is 111 Å². The molecule has 3 nitrogen and oxygen atoms in total. The van der Waals surface area contributed by atoms with Crippen molar-refractivity contribution in [3.05, 3.63) is 52.1 Å². The molecule has 0 aliphatic heterocycles. The molecule has 0 saturated heterocycles. The minimum Gasteiger partial charge on any atom is -0.486 e. The summed E-state index contributed by atoms with van der Waals surface area (Å²) < 4.78 is 32.1. The highest BCUT2D eigenvalue weighted by molar-refractivity contribution is 9.10. The summed E-state index contributed by atoms with van der Waals surface area (Å²) in [4.78, 5) is 3.82. The molecule has 0 saturated carbocycles. The monoisotopic (exact) mass is 314 g/mol. The van der Waals surface area contributed by atoms with Crippen LogP contribution < -0.4 is 10.5 Å². The van der Waals surface area contributed by atoms with Crippen molar-refractivity contribution in [2.75, 3.05) is 5.73 Å². The summed E-state index contributed by atoms with van der Waals surface area (Å²) in [6.07, 6.45) is 1.52. The van der Waals surface area contributed by atoms with E-state index in [-0.39, 0.29) is 12.4 Å². The summed E-state index contributed by atoms with van der Waals surface area (Å²) in [6.45, 7) is 0.0829. The van der Waals surface area contributed by atoms with Crippen LogP contribution in [0.5, 0.6) is 5.75 Å².